The molecule has 0 aromatic heterocycles. The number of carbonyl (C=O) groups excluding carboxylic acids is 1. The van der Waals surface area contributed by atoms with Gasteiger partial charge in [-0.25, -0.2) is 4.39 Å². The second-order valence-corrected chi connectivity index (χ2v) is 5.34. The first-order valence-corrected chi connectivity index (χ1v) is 6.78. The smallest absolute Gasteiger partial charge is 0.223 e. The molecule has 100 valence electrons. The Balaban J connectivity index is 2.29. The van der Waals surface area contributed by atoms with Gasteiger partial charge in [0.15, 0.2) is 0 Å². The lowest BCUT2D eigenvalue weighted by molar-refractivity contribution is -0.130. The van der Waals surface area contributed by atoms with Gasteiger partial charge in [-0.1, -0.05) is 0 Å². The minimum absolute atomic E-state index is 0.00510. The first kappa shape index (κ1) is 15.0. The van der Waals surface area contributed by atoms with Gasteiger partial charge in [-0.05, 0) is 31.2 Å². The van der Waals surface area contributed by atoms with Crippen LogP contribution in [0.5, 0.6) is 0 Å². The van der Waals surface area contributed by atoms with Crippen LogP contribution in [0.4, 0.5) is 4.39 Å². The molecule has 0 aliphatic heterocycles. The zero-order valence-corrected chi connectivity index (χ0v) is 11.4. The van der Waals surface area contributed by atoms with E-state index in [-0.39, 0.29) is 11.7 Å². The number of amides is 1. The van der Waals surface area contributed by atoms with Gasteiger partial charge in [-0.3, -0.25) is 4.79 Å². The van der Waals surface area contributed by atoms with Crippen molar-refractivity contribution < 1.29 is 14.3 Å². The monoisotopic (exact) mass is 271 g/mol. The molecule has 3 nitrogen and oxygen atoms in total. The molecular weight excluding hydrogens is 253 g/mol. The second-order valence-electron chi connectivity index (χ2n) is 4.18. The highest BCUT2D eigenvalue weighted by atomic mass is 32.2. The SMILES string of the molecule is CC(O)CN(C)C(=O)CCSc1ccc(F)cc1. The largest absolute Gasteiger partial charge is 0.392 e. The minimum Gasteiger partial charge on any atom is -0.392 e. The summed E-state index contributed by atoms with van der Waals surface area (Å²) < 4.78 is 12.7. The molecule has 1 aromatic carbocycles. The number of rotatable bonds is 6. The van der Waals surface area contributed by atoms with E-state index in [1.807, 2.05) is 0 Å². The van der Waals surface area contributed by atoms with Gasteiger partial charge in [-0.2, -0.15) is 0 Å². The standard InChI is InChI=1S/C13H18FNO2S/c1-10(16)9-15(2)13(17)7-8-18-12-5-3-11(14)4-6-12/h3-6,10,16H,7-9H2,1-2H3. The van der Waals surface area contributed by atoms with E-state index in [1.165, 1.54) is 28.8 Å². The van der Waals surface area contributed by atoms with E-state index in [9.17, 15) is 9.18 Å². The van der Waals surface area contributed by atoms with Crippen LogP contribution in [0.25, 0.3) is 0 Å². The first-order valence-electron chi connectivity index (χ1n) is 5.79. The van der Waals surface area contributed by atoms with Gasteiger partial charge in [0.2, 0.25) is 5.91 Å². The Morgan fingerprint density at radius 3 is 2.61 bits per heavy atom. The molecule has 1 amide bonds. The van der Waals surface area contributed by atoms with Crippen LogP contribution in [0.3, 0.4) is 0 Å². The van der Waals surface area contributed by atoms with Crippen molar-refractivity contribution in [2.75, 3.05) is 19.3 Å². The molecule has 1 rings (SSSR count). The number of likely N-dealkylation sites (N-methyl/N-ethyl adjacent to an activating group) is 1. The Kier molecular flexibility index (Phi) is 6.15. The fraction of sp³-hybridized carbons (Fsp3) is 0.462. The molecule has 5 heteroatoms. The Morgan fingerprint density at radius 1 is 1.44 bits per heavy atom. The quantitative estimate of drug-likeness (QED) is 0.806. The number of aliphatic hydroxyl groups is 1. The van der Waals surface area contributed by atoms with Crippen LogP contribution in [0.15, 0.2) is 29.2 Å². The molecule has 18 heavy (non-hydrogen) atoms. The van der Waals surface area contributed by atoms with Crippen LogP contribution in [-0.4, -0.2) is 41.4 Å². The maximum atomic E-state index is 12.7. The molecule has 0 saturated heterocycles. The lowest BCUT2D eigenvalue weighted by Crippen LogP contribution is -2.33. The zero-order valence-electron chi connectivity index (χ0n) is 10.6. The van der Waals surface area contributed by atoms with Crippen LogP contribution in [0, 0.1) is 5.82 Å². The van der Waals surface area contributed by atoms with Crippen LogP contribution in [-0.2, 0) is 4.79 Å². The molecule has 1 aromatic rings. The summed E-state index contributed by atoms with van der Waals surface area (Å²) in [7, 11) is 1.68. The summed E-state index contributed by atoms with van der Waals surface area (Å²) in [5.74, 6) is 0.395. The second kappa shape index (κ2) is 7.38. The van der Waals surface area contributed by atoms with Gasteiger partial charge in [0.25, 0.3) is 0 Å². The highest BCUT2D eigenvalue weighted by molar-refractivity contribution is 7.99. The highest BCUT2D eigenvalue weighted by Gasteiger charge is 2.10. The number of carbonyl (C=O) groups is 1. The lowest BCUT2D eigenvalue weighted by Gasteiger charge is -2.18. The molecule has 0 bridgehead atoms. The van der Waals surface area contributed by atoms with Crippen molar-refractivity contribution in [3.8, 4) is 0 Å². The molecule has 1 atom stereocenters. The molecule has 0 aliphatic carbocycles. The number of hydrogen-bond donors (Lipinski definition) is 1. The summed E-state index contributed by atoms with van der Waals surface area (Å²) >= 11 is 1.52. The highest BCUT2D eigenvalue weighted by Crippen LogP contribution is 2.19. The van der Waals surface area contributed by atoms with E-state index in [0.29, 0.717) is 18.7 Å². The van der Waals surface area contributed by atoms with E-state index >= 15 is 0 Å². The molecule has 1 unspecified atom stereocenters. The fourth-order valence-corrected chi connectivity index (χ4v) is 2.32. The molecule has 0 radical (unpaired) electrons. The summed E-state index contributed by atoms with van der Waals surface area (Å²) in [5, 5.41) is 9.17. The van der Waals surface area contributed by atoms with Crippen LogP contribution in [0.1, 0.15) is 13.3 Å². The maximum absolute atomic E-state index is 12.7. The summed E-state index contributed by atoms with van der Waals surface area (Å²) in [6, 6.07) is 6.21. The van der Waals surface area contributed by atoms with E-state index in [2.05, 4.69) is 0 Å². The van der Waals surface area contributed by atoms with Crippen LogP contribution < -0.4 is 0 Å². The number of halogens is 1. The Hall–Kier alpha value is -1.07. The molecule has 0 spiro atoms. The fourth-order valence-electron chi connectivity index (χ4n) is 1.48. The van der Waals surface area contributed by atoms with E-state index in [4.69, 9.17) is 5.11 Å². The Morgan fingerprint density at radius 2 is 2.06 bits per heavy atom. The topological polar surface area (TPSA) is 40.5 Å². The van der Waals surface area contributed by atoms with Crippen LogP contribution >= 0.6 is 11.8 Å². The van der Waals surface area contributed by atoms with E-state index < -0.39 is 6.10 Å². The third kappa shape index (κ3) is 5.51. The van der Waals surface area contributed by atoms with Gasteiger partial charge < -0.3 is 10.0 Å². The van der Waals surface area contributed by atoms with Crippen LogP contribution in [0.2, 0.25) is 0 Å². The van der Waals surface area contributed by atoms with Crippen molar-refractivity contribution >= 4 is 17.7 Å². The van der Waals surface area contributed by atoms with Crippen molar-refractivity contribution in [3.63, 3.8) is 0 Å². The van der Waals surface area contributed by atoms with Crippen molar-refractivity contribution in [2.24, 2.45) is 0 Å². The maximum Gasteiger partial charge on any atom is 0.223 e. The first-order chi connectivity index (χ1) is 8.49. The normalized spacial score (nSPS) is 12.2. The third-order valence-corrected chi connectivity index (χ3v) is 3.38. The molecule has 0 aliphatic rings. The molecule has 0 heterocycles. The third-order valence-electron chi connectivity index (χ3n) is 2.36. The summed E-state index contributed by atoms with van der Waals surface area (Å²) in [5.41, 5.74) is 0. The predicted octanol–water partition coefficient (Wildman–Crippen LogP) is 2.15. The van der Waals surface area contributed by atoms with Gasteiger partial charge in [-0.15, -0.1) is 11.8 Å². The average molecular weight is 271 g/mol. The summed E-state index contributed by atoms with van der Waals surface area (Å²) in [6.45, 7) is 2.00. The van der Waals surface area contributed by atoms with Gasteiger partial charge in [0.05, 0.1) is 6.10 Å². The zero-order chi connectivity index (χ0) is 13.5. The number of thioether (sulfide) groups is 1. The Labute approximate surface area is 111 Å². The van der Waals surface area contributed by atoms with E-state index in [1.54, 1.807) is 26.1 Å². The lowest BCUT2D eigenvalue weighted by atomic mass is 10.3. The number of nitrogens with zero attached hydrogens (tertiary/aromatic N) is 1. The van der Waals surface area contributed by atoms with Crippen molar-refractivity contribution in [1.29, 1.82) is 0 Å². The van der Waals surface area contributed by atoms with Crippen molar-refractivity contribution in [3.05, 3.63) is 30.1 Å². The summed E-state index contributed by atoms with van der Waals surface area (Å²) in [4.78, 5) is 14.1. The Bertz CT molecular complexity index is 381. The van der Waals surface area contributed by atoms with Gasteiger partial charge in [0.1, 0.15) is 5.82 Å². The van der Waals surface area contributed by atoms with Crippen molar-refractivity contribution in [1.82, 2.24) is 4.90 Å². The average Bonchev–Trinajstić information content (AvgIpc) is 2.30. The molecular formula is C13H18FNO2S. The number of aliphatic hydroxyl groups excluding tert-OH is 1. The number of benzene rings is 1. The minimum atomic E-state index is -0.510. The number of hydrogen-bond acceptors (Lipinski definition) is 3. The molecule has 0 fully saturated rings. The van der Waals surface area contributed by atoms with Gasteiger partial charge in [0, 0.05) is 30.7 Å². The van der Waals surface area contributed by atoms with Gasteiger partial charge >= 0.3 is 0 Å². The summed E-state index contributed by atoms with van der Waals surface area (Å²) in [6.07, 6.45) is -0.102. The molecule has 0 saturated carbocycles. The van der Waals surface area contributed by atoms with E-state index in [0.717, 1.165) is 4.90 Å². The predicted molar refractivity (Wildman–Crippen MR) is 71.1 cm³/mol. The van der Waals surface area contributed by atoms with Crippen molar-refractivity contribution in [2.45, 2.75) is 24.3 Å². The molecule has 1 N–H and O–H groups in total.